The van der Waals surface area contributed by atoms with E-state index in [4.69, 9.17) is 14.7 Å². The Kier molecular flexibility index (Phi) is 10.7. The maximum Gasteiger partial charge on any atom is 0.558 e. The van der Waals surface area contributed by atoms with Gasteiger partial charge in [0, 0.05) is 6.92 Å². The van der Waals surface area contributed by atoms with Gasteiger partial charge in [0.05, 0.1) is 19.8 Å². The molecule has 0 aliphatic heterocycles. The van der Waals surface area contributed by atoms with Crippen molar-refractivity contribution in [1.82, 2.24) is 0 Å². The molecule has 0 rings (SSSR count). The molecule has 0 aromatic rings. The highest BCUT2D eigenvalue weighted by molar-refractivity contribution is 6.17. The van der Waals surface area contributed by atoms with Crippen LogP contribution in [-0.4, -0.2) is 33.5 Å². The molecule has 0 unspecified atom stereocenters. The van der Waals surface area contributed by atoms with Gasteiger partial charge in [0.25, 0.3) is 0 Å². The Morgan fingerprint density at radius 3 is 1.76 bits per heavy atom. The molecule has 0 aliphatic carbocycles. The summed E-state index contributed by atoms with van der Waals surface area (Å²) < 4.78 is 0. The summed E-state index contributed by atoms with van der Waals surface area (Å²) in [6.07, 6.45) is 0. The molecule has 0 fully saturated rings. The minimum Gasteiger partial charge on any atom is -0.264 e. The fourth-order valence-electron chi connectivity index (χ4n) is 0.592. The summed E-state index contributed by atoms with van der Waals surface area (Å²) in [5, 5.41) is 0. The monoisotopic (exact) mass is 253 g/mol. The third-order valence-electron chi connectivity index (χ3n) is 1.12. The van der Waals surface area contributed by atoms with Crippen molar-refractivity contribution in [3.63, 3.8) is 0 Å². The first-order valence-electron chi connectivity index (χ1n) is 5.24. The van der Waals surface area contributed by atoms with Crippen LogP contribution in [0.25, 0.3) is 0 Å². The van der Waals surface area contributed by atoms with Crippen molar-refractivity contribution < 1.29 is 38.9 Å². The van der Waals surface area contributed by atoms with E-state index in [0.29, 0.717) is 19.8 Å². The number of hydrogen-bond donors (Lipinski definition) is 0. The molecule has 0 aromatic carbocycles. The molecule has 101 valence electrons. The molecule has 0 N–H and O–H groups in total. The Labute approximate surface area is 101 Å². The zero-order valence-electron chi connectivity index (χ0n) is 10.5. The van der Waals surface area contributed by atoms with Crippen molar-refractivity contribution in [2.24, 2.45) is 0 Å². The van der Waals surface area contributed by atoms with Crippen LogP contribution in [-0.2, 0) is 38.9 Å². The lowest BCUT2D eigenvalue weighted by atomic mass is 10.4. The molecule has 9 heteroatoms. The Morgan fingerprint density at radius 2 is 1.29 bits per heavy atom. The Morgan fingerprint density at radius 1 is 0.765 bits per heavy atom. The second-order valence-electron chi connectivity index (χ2n) is 2.62. The van der Waals surface area contributed by atoms with Crippen molar-refractivity contribution in [2.75, 3.05) is 19.8 Å². The third-order valence-corrected chi connectivity index (χ3v) is 1.12. The zero-order chi connectivity index (χ0) is 13.0. The van der Waals surface area contributed by atoms with E-state index in [9.17, 15) is 0 Å². The van der Waals surface area contributed by atoms with Crippen LogP contribution in [0.2, 0.25) is 0 Å². The van der Waals surface area contributed by atoms with Crippen molar-refractivity contribution >= 4 is 7.69 Å². The molecule has 0 saturated heterocycles. The molecular weight excluding hydrogens is 235 g/mol. The van der Waals surface area contributed by atoms with E-state index in [2.05, 4.69) is 24.3 Å². The Bertz CT molecular complexity index is 162. The molecule has 0 amide bonds. The molecule has 0 spiro atoms. The third kappa shape index (κ3) is 9.45. The average Bonchev–Trinajstić information content (AvgIpc) is 2.34. The van der Waals surface area contributed by atoms with Gasteiger partial charge in [0.2, 0.25) is 0 Å². The summed E-state index contributed by atoms with van der Waals surface area (Å²) in [4.78, 5) is 37.1. The maximum atomic E-state index is 4.78. The van der Waals surface area contributed by atoms with E-state index >= 15 is 0 Å². The van der Waals surface area contributed by atoms with Crippen molar-refractivity contribution in [1.29, 1.82) is 0 Å². The van der Waals surface area contributed by atoms with Crippen LogP contribution in [0.15, 0.2) is 0 Å². The number of rotatable bonds is 12. The Balaban J connectivity index is 3.82. The van der Waals surface area contributed by atoms with E-state index < -0.39 is 5.97 Å². The molecule has 0 heterocycles. The molecule has 0 saturated carbocycles. The second-order valence-corrected chi connectivity index (χ2v) is 2.62. The van der Waals surface area contributed by atoms with E-state index in [-0.39, 0.29) is 0 Å². The smallest absolute Gasteiger partial charge is 0.264 e. The van der Waals surface area contributed by atoms with Gasteiger partial charge in [-0.1, -0.05) is 0 Å². The Hall–Kier alpha value is -0.255. The maximum absolute atomic E-state index is 4.78. The normalized spacial score (nSPS) is 11.8. The van der Waals surface area contributed by atoms with Crippen molar-refractivity contribution in [3.8, 4) is 0 Å². The lowest BCUT2D eigenvalue weighted by Crippen LogP contribution is -2.36. The summed E-state index contributed by atoms with van der Waals surface area (Å²) in [5.41, 5.74) is 0. The van der Waals surface area contributed by atoms with Crippen LogP contribution in [0.5, 0.6) is 0 Å². The molecule has 0 aromatic heterocycles. The molecule has 0 atom stereocenters. The predicted octanol–water partition coefficient (Wildman–Crippen LogP) is 1.05. The van der Waals surface area contributed by atoms with Gasteiger partial charge in [-0.15, -0.1) is 0 Å². The molecule has 0 aliphatic rings. The van der Waals surface area contributed by atoms with Gasteiger partial charge in [-0.2, -0.15) is 14.7 Å². The molecule has 0 bridgehead atoms. The summed E-state index contributed by atoms with van der Waals surface area (Å²) in [6, 6.07) is 0. The first kappa shape index (κ1) is 16.7. The van der Waals surface area contributed by atoms with Crippen LogP contribution in [0.1, 0.15) is 27.7 Å². The fourth-order valence-corrected chi connectivity index (χ4v) is 0.592. The first-order chi connectivity index (χ1) is 8.18. The van der Waals surface area contributed by atoms with Gasteiger partial charge in [0.1, 0.15) is 0 Å². The standard InChI is InChI=1S/C8H18BO8/c1-5-10-13-8(4,14-11-6-2)15-17-9-16-12-7-3/h5-7H2,1-4H3. The molecular formula is C8H18BO8. The zero-order valence-corrected chi connectivity index (χ0v) is 10.5. The van der Waals surface area contributed by atoms with Gasteiger partial charge in [-0.3, -0.25) is 14.5 Å². The lowest BCUT2D eigenvalue weighted by Gasteiger charge is -2.24. The second kappa shape index (κ2) is 10.9. The quantitative estimate of drug-likeness (QED) is 0.168. The predicted molar refractivity (Wildman–Crippen MR) is 54.5 cm³/mol. The highest BCUT2D eigenvalue weighted by Crippen LogP contribution is 2.15. The molecule has 17 heavy (non-hydrogen) atoms. The van der Waals surface area contributed by atoms with E-state index in [1.165, 1.54) is 6.92 Å². The average molecular weight is 253 g/mol. The summed E-state index contributed by atoms with van der Waals surface area (Å²) in [5.74, 6) is -1.68. The summed E-state index contributed by atoms with van der Waals surface area (Å²) in [7, 11) is 0.812. The molecule has 8 nitrogen and oxygen atoms in total. The van der Waals surface area contributed by atoms with Gasteiger partial charge in [-0.25, -0.2) is 9.78 Å². The fraction of sp³-hybridized carbons (Fsp3) is 1.00. The van der Waals surface area contributed by atoms with Gasteiger partial charge in [0.15, 0.2) is 0 Å². The van der Waals surface area contributed by atoms with E-state index in [0.717, 1.165) is 7.69 Å². The van der Waals surface area contributed by atoms with Crippen LogP contribution in [0.4, 0.5) is 0 Å². The molecule has 1 radical (unpaired) electrons. The van der Waals surface area contributed by atoms with E-state index in [1.54, 1.807) is 20.8 Å². The van der Waals surface area contributed by atoms with Crippen LogP contribution >= 0.6 is 0 Å². The van der Waals surface area contributed by atoms with Crippen LogP contribution in [0, 0.1) is 0 Å². The van der Waals surface area contributed by atoms with Gasteiger partial charge in [-0.05, 0) is 20.8 Å². The highest BCUT2D eigenvalue weighted by Gasteiger charge is 2.32. The SMILES string of the molecule is CCOO[B]OOC(C)(OOCC)OOCC. The van der Waals surface area contributed by atoms with Crippen molar-refractivity contribution in [3.05, 3.63) is 0 Å². The first-order valence-corrected chi connectivity index (χ1v) is 5.24. The number of hydrogen-bond acceptors (Lipinski definition) is 8. The topological polar surface area (TPSA) is 73.8 Å². The summed E-state index contributed by atoms with van der Waals surface area (Å²) in [6.45, 7) is 7.55. The van der Waals surface area contributed by atoms with E-state index in [1.807, 2.05) is 0 Å². The minimum atomic E-state index is -1.68. The summed E-state index contributed by atoms with van der Waals surface area (Å²) >= 11 is 0. The van der Waals surface area contributed by atoms with Gasteiger partial charge >= 0.3 is 13.7 Å². The van der Waals surface area contributed by atoms with Gasteiger partial charge < -0.3 is 0 Å². The van der Waals surface area contributed by atoms with Crippen molar-refractivity contribution in [2.45, 2.75) is 33.7 Å². The highest BCUT2D eigenvalue weighted by atomic mass is 17.4. The van der Waals surface area contributed by atoms with Crippen LogP contribution < -0.4 is 0 Å². The van der Waals surface area contributed by atoms with Crippen LogP contribution in [0.3, 0.4) is 0 Å². The minimum absolute atomic E-state index is 0.299. The lowest BCUT2D eigenvalue weighted by molar-refractivity contribution is -0.613. The largest absolute Gasteiger partial charge is 0.558 e.